The van der Waals surface area contributed by atoms with Crippen LogP contribution >= 0.6 is 0 Å². The third-order valence-corrected chi connectivity index (χ3v) is 3.75. The molecule has 0 aliphatic rings. The summed E-state index contributed by atoms with van der Waals surface area (Å²) in [7, 11) is 3.98. The Morgan fingerprint density at radius 3 is 2.61 bits per heavy atom. The zero-order valence-electron chi connectivity index (χ0n) is 11.8. The minimum atomic E-state index is -0.172. The number of nitrogens with one attached hydrogen (secondary N) is 1. The van der Waals surface area contributed by atoms with Gasteiger partial charge in [0.2, 0.25) is 0 Å². The van der Waals surface area contributed by atoms with E-state index in [-0.39, 0.29) is 11.2 Å². The first-order chi connectivity index (χ1) is 8.38. The molecule has 0 fully saturated rings. The molecule has 1 N–H and O–H groups in total. The number of likely N-dealkylation sites (N-methyl/N-ethyl adjacent to an activating group) is 1. The van der Waals surface area contributed by atoms with E-state index < -0.39 is 0 Å². The Hall–Kier alpha value is -1.35. The maximum absolute atomic E-state index is 13.5. The molecule has 0 radical (unpaired) electrons. The van der Waals surface area contributed by atoms with Crippen molar-refractivity contribution in [2.45, 2.75) is 26.2 Å². The molecule has 18 heavy (non-hydrogen) atoms. The van der Waals surface area contributed by atoms with Gasteiger partial charge in [0.15, 0.2) is 0 Å². The van der Waals surface area contributed by atoms with E-state index in [9.17, 15) is 4.39 Å². The number of benzene rings is 1. The van der Waals surface area contributed by atoms with Crippen molar-refractivity contribution in [3.05, 3.63) is 35.3 Å². The van der Waals surface area contributed by atoms with Gasteiger partial charge in [-0.05, 0) is 37.7 Å². The lowest BCUT2D eigenvalue weighted by molar-refractivity contribution is 0.493. The molecule has 0 saturated carbocycles. The Kier molecular flexibility index (Phi) is 3.20. The van der Waals surface area contributed by atoms with Crippen molar-refractivity contribution < 1.29 is 4.39 Å². The summed E-state index contributed by atoms with van der Waals surface area (Å²) in [5, 5.41) is 4.24. The summed E-state index contributed by atoms with van der Waals surface area (Å²) >= 11 is 0. The van der Waals surface area contributed by atoms with Crippen molar-refractivity contribution in [1.29, 1.82) is 0 Å². The van der Waals surface area contributed by atoms with E-state index in [1.54, 1.807) is 6.07 Å². The van der Waals surface area contributed by atoms with Gasteiger partial charge >= 0.3 is 0 Å². The predicted octanol–water partition coefficient (Wildman–Crippen LogP) is 3.12. The molecule has 0 spiro atoms. The third-order valence-electron chi connectivity index (χ3n) is 3.75. The molecular formula is C15H21FN2. The van der Waals surface area contributed by atoms with Gasteiger partial charge in [-0.3, -0.25) is 0 Å². The van der Waals surface area contributed by atoms with Gasteiger partial charge in [-0.25, -0.2) is 4.39 Å². The third kappa shape index (κ3) is 1.93. The number of rotatable bonds is 3. The van der Waals surface area contributed by atoms with E-state index in [0.29, 0.717) is 0 Å². The zero-order chi connectivity index (χ0) is 13.5. The van der Waals surface area contributed by atoms with E-state index in [4.69, 9.17) is 0 Å². The molecule has 0 saturated heterocycles. The summed E-state index contributed by atoms with van der Waals surface area (Å²) < 4.78 is 15.6. The van der Waals surface area contributed by atoms with Gasteiger partial charge in [-0.1, -0.05) is 13.8 Å². The highest BCUT2D eigenvalue weighted by molar-refractivity contribution is 5.86. The van der Waals surface area contributed by atoms with Crippen molar-refractivity contribution in [3.8, 4) is 0 Å². The summed E-state index contributed by atoms with van der Waals surface area (Å²) in [4.78, 5) is 0. The van der Waals surface area contributed by atoms with Gasteiger partial charge in [-0.2, -0.15) is 0 Å². The Bertz CT molecular complexity index is 582. The van der Waals surface area contributed by atoms with Gasteiger partial charge in [0.25, 0.3) is 0 Å². The molecule has 2 rings (SSSR count). The lowest BCUT2D eigenvalue weighted by Crippen LogP contribution is -2.31. The summed E-state index contributed by atoms with van der Waals surface area (Å²) in [6.45, 7) is 7.35. The second-order valence-electron chi connectivity index (χ2n) is 5.60. The van der Waals surface area contributed by atoms with Crippen LogP contribution in [0.15, 0.2) is 18.2 Å². The average molecular weight is 248 g/mol. The monoisotopic (exact) mass is 248 g/mol. The van der Waals surface area contributed by atoms with Crippen molar-refractivity contribution in [1.82, 2.24) is 9.88 Å². The van der Waals surface area contributed by atoms with Crippen molar-refractivity contribution in [2.24, 2.45) is 7.05 Å². The SMILES string of the molecule is CNCC(C)(C)c1c(C)n(C)c2ccc(F)cc12. The minimum absolute atomic E-state index is 0.0217. The largest absolute Gasteiger partial charge is 0.348 e. The van der Waals surface area contributed by atoms with Crippen molar-refractivity contribution >= 4 is 10.9 Å². The van der Waals surface area contributed by atoms with Crippen LogP contribution in [0.3, 0.4) is 0 Å². The molecular weight excluding hydrogens is 227 g/mol. The Labute approximate surface area is 108 Å². The maximum atomic E-state index is 13.5. The first kappa shape index (κ1) is 13.1. The number of aromatic nitrogens is 1. The Morgan fingerprint density at radius 1 is 1.33 bits per heavy atom. The van der Waals surface area contributed by atoms with Gasteiger partial charge in [-0.15, -0.1) is 0 Å². The van der Waals surface area contributed by atoms with Crippen LogP contribution in [0.25, 0.3) is 10.9 Å². The number of aryl methyl sites for hydroxylation is 1. The van der Waals surface area contributed by atoms with Crippen LogP contribution < -0.4 is 5.32 Å². The van der Waals surface area contributed by atoms with Crippen LogP contribution in [-0.2, 0) is 12.5 Å². The summed E-state index contributed by atoms with van der Waals surface area (Å²) in [6, 6.07) is 5.03. The van der Waals surface area contributed by atoms with Gasteiger partial charge in [0, 0.05) is 35.6 Å². The Morgan fingerprint density at radius 2 is 2.00 bits per heavy atom. The second kappa shape index (κ2) is 4.39. The average Bonchev–Trinajstić information content (AvgIpc) is 2.51. The molecule has 2 aromatic rings. The van der Waals surface area contributed by atoms with Gasteiger partial charge in [0.05, 0.1) is 0 Å². The molecule has 0 unspecified atom stereocenters. The molecule has 1 aromatic heterocycles. The first-order valence-corrected chi connectivity index (χ1v) is 6.28. The molecule has 1 aromatic carbocycles. The van der Waals surface area contributed by atoms with Gasteiger partial charge in [0.1, 0.15) is 5.82 Å². The molecule has 0 aliphatic carbocycles. The highest BCUT2D eigenvalue weighted by Gasteiger charge is 2.27. The number of nitrogens with zero attached hydrogens (tertiary/aromatic N) is 1. The van der Waals surface area contributed by atoms with Crippen LogP contribution in [0.1, 0.15) is 25.1 Å². The van der Waals surface area contributed by atoms with Crippen LogP contribution in [0.5, 0.6) is 0 Å². The molecule has 0 amide bonds. The molecule has 0 bridgehead atoms. The van der Waals surface area contributed by atoms with E-state index in [2.05, 4.69) is 30.7 Å². The number of fused-ring (bicyclic) bond motifs is 1. The highest BCUT2D eigenvalue weighted by Crippen LogP contribution is 2.35. The van der Waals surface area contributed by atoms with E-state index in [0.717, 1.165) is 17.4 Å². The van der Waals surface area contributed by atoms with E-state index >= 15 is 0 Å². The van der Waals surface area contributed by atoms with Crippen molar-refractivity contribution in [3.63, 3.8) is 0 Å². The fraction of sp³-hybridized carbons (Fsp3) is 0.467. The fourth-order valence-corrected chi connectivity index (χ4v) is 2.93. The molecule has 0 atom stereocenters. The number of hydrogen-bond donors (Lipinski definition) is 1. The van der Waals surface area contributed by atoms with Crippen LogP contribution in [0.4, 0.5) is 4.39 Å². The molecule has 2 nitrogen and oxygen atoms in total. The first-order valence-electron chi connectivity index (χ1n) is 6.28. The normalized spacial score (nSPS) is 12.3. The number of halogens is 1. The van der Waals surface area contributed by atoms with Gasteiger partial charge < -0.3 is 9.88 Å². The molecule has 1 heterocycles. The smallest absolute Gasteiger partial charge is 0.123 e. The number of hydrogen-bond acceptors (Lipinski definition) is 1. The quantitative estimate of drug-likeness (QED) is 0.883. The topological polar surface area (TPSA) is 17.0 Å². The molecule has 98 valence electrons. The second-order valence-corrected chi connectivity index (χ2v) is 5.60. The van der Waals surface area contributed by atoms with Crippen LogP contribution in [0.2, 0.25) is 0 Å². The van der Waals surface area contributed by atoms with Crippen molar-refractivity contribution in [2.75, 3.05) is 13.6 Å². The molecule has 3 heteroatoms. The maximum Gasteiger partial charge on any atom is 0.123 e. The van der Waals surface area contributed by atoms with E-state index in [1.165, 1.54) is 17.3 Å². The predicted molar refractivity (Wildman–Crippen MR) is 74.6 cm³/mol. The summed E-state index contributed by atoms with van der Waals surface area (Å²) in [5.74, 6) is -0.172. The van der Waals surface area contributed by atoms with E-state index in [1.807, 2.05) is 20.2 Å². The molecule has 0 aliphatic heterocycles. The van der Waals surface area contributed by atoms with Crippen LogP contribution in [0, 0.1) is 12.7 Å². The van der Waals surface area contributed by atoms with Crippen LogP contribution in [-0.4, -0.2) is 18.2 Å². The summed E-state index contributed by atoms with van der Waals surface area (Å²) in [5.41, 5.74) is 3.50. The zero-order valence-corrected chi connectivity index (χ0v) is 11.8. The minimum Gasteiger partial charge on any atom is -0.348 e. The lowest BCUT2D eigenvalue weighted by atomic mass is 9.82. The standard InChI is InChI=1S/C15H21FN2/c1-10-14(15(2,3)9-17-4)12-8-11(16)6-7-13(12)18(10)5/h6-8,17H,9H2,1-5H3. The summed E-state index contributed by atoms with van der Waals surface area (Å²) in [6.07, 6.45) is 0. The Balaban J connectivity index is 2.77. The fourth-order valence-electron chi connectivity index (χ4n) is 2.93. The highest BCUT2D eigenvalue weighted by atomic mass is 19.1. The lowest BCUT2D eigenvalue weighted by Gasteiger charge is -2.25.